The minimum Gasteiger partial charge on any atom is -0.494 e. The highest BCUT2D eigenvalue weighted by Gasteiger charge is 2.15. The van der Waals surface area contributed by atoms with E-state index in [0.29, 0.717) is 28.6 Å². The van der Waals surface area contributed by atoms with Crippen molar-refractivity contribution in [1.29, 1.82) is 0 Å². The Balaban J connectivity index is 1.55. The molecule has 3 aromatic carbocycles. The smallest absolute Gasteiger partial charge is 0.257 e. The number of amides is 2. The Labute approximate surface area is 201 Å². The zero-order chi connectivity index (χ0) is 23.1. The van der Waals surface area contributed by atoms with Gasteiger partial charge in [-0.25, -0.2) is 0 Å². The van der Waals surface area contributed by atoms with E-state index in [1.54, 1.807) is 24.3 Å². The second kappa shape index (κ2) is 11.3. The number of carbonyl (C=O) groups excluding carboxylic acids is 2. The molecule has 1 unspecified atom stereocenters. The molecule has 0 heterocycles. The fraction of sp³-hybridized carbons (Fsp3) is 0.167. The average molecular weight is 489 g/mol. The Bertz CT molecular complexity index is 1090. The summed E-state index contributed by atoms with van der Waals surface area (Å²) >= 11 is 13.4. The fourth-order valence-electron chi connectivity index (χ4n) is 2.79. The van der Waals surface area contributed by atoms with Gasteiger partial charge in [-0.05, 0) is 80.6 Å². The van der Waals surface area contributed by atoms with Gasteiger partial charge >= 0.3 is 0 Å². The van der Waals surface area contributed by atoms with Crippen LogP contribution in [-0.4, -0.2) is 23.7 Å². The van der Waals surface area contributed by atoms with E-state index < -0.39 is 0 Å². The van der Waals surface area contributed by atoms with E-state index in [2.05, 4.69) is 10.6 Å². The maximum atomic E-state index is 12.5. The van der Waals surface area contributed by atoms with Crippen molar-refractivity contribution in [3.63, 3.8) is 0 Å². The second-order valence-corrected chi connectivity index (χ2v) is 9.07. The maximum absolute atomic E-state index is 12.5. The van der Waals surface area contributed by atoms with E-state index in [1.165, 1.54) is 17.8 Å². The third-order valence-corrected chi connectivity index (χ3v) is 6.06. The fourth-order valence-corrected chi connectivity index (χ4v) is 4.15. The van der Waals surface area contributed by atoms with Crippen LogP contribution in [-0.2, 0) is 4.79 Å². The van der Waals surface area contributed by atoms with Crippen molar-refractivity contribution in [2.75, 3.05) is 17.2 Å². The molecule has 0 aliphatic heterocycles. The van der Waals surface area contributed by atoms with Crippen LogP contribution in [0.5, 0.6) is 5.75 Å². The van der Waals surface area contributed by atoms with Gasteiger partial charge in [0.05, 0.1) is 22.4 Å². The Kier molecular flexibility index (Phi) is 8.45. The Morgan fingerprint density at radius 3 is 2.19 bits per heavy atom. The molecule has 3 rings (SSSR count). The van der Waals surface area contributed by atoms with E-state index in [-0.39, 0.29) is 22.1 Å². The third kappa shape index (κ3) is 6.66. The summed E-state index contributed by atoms with van der Waals surface area (Å²) in [4.78, 5) is 25.8. The normalized spacial score (nSPS) is 11.5. The number of halogens is 2. The van der Waals surface area contributed by atoms with Gasteiger partial charge in [0.1, 0.15) is 5.75 Å². The summed E-state index contributed by atoms with van der Waals surface area (Å²) in [6.07, 6.45) is 0. The van der Waals surface area contributed by atoms with Gasteiger partial charge in [0.25, 0.3) is 5.91 Å². The van der Waals surface area contributed by atoms with E-state index in [0.717, 1.165) is 10.6 Å². The summed E-state index contributed by atoms with van der Waals surface area (Å²) in [5, 5.41) is 6.15. The number of hydrogen-bond acceptors (Lipinski definition) is 4. The molecular formula is C24H22Cl2N2O3S. The summed E-state index contributed by atoms with van der Waals surface area (Å²) in [5.41, 5.74) is 1.68. The van der Waals surface area contributed by atoms with Crippen molar-refractivity contribution in [3.8, 4) is 5.75 Å². The molecule has 0 aromatic heterocycles. The lowest BCUT2D eigenvalue weighted by Crippen LogP contribution is -2.22. The molecule has 0 radical (unpaired) electrons. The monoisotopic (exact) mass is 488 g/mol. The van der Waals surface area contributed by atoms with Crippen molar-refractivity contribution in [1.82, 2.24) is 0 Å². The predicted octanol–water partition coefficient (Wildman–Crippen LogP) is 6.76. The van der Waals surface area contributed by atoms with Crippen molar-refractivity contribution < 1.29 is 14.3 Å². The first-order valence-corrected chi connectivity index (χ1v) is 11.6. The lowest BCUT2D eigenvalue weighted by atomic mass is 10.2. The summed E-state index contributed by atoms with van der Waals surface area (Å²) < 4.78 is 5.41. The lowest BCUT2D eigenvalue weighted by molar-refractivity contribution is -0.115. The van der Waals surface area contributed by atoms with Gasteiger partial charge in [-0.1, -0.05) is 23.2 Å². The van der Waals surface area contributed by atoms with E-state index >= 15 is 0 Å². The molecule has 0 aliphatic carbocycles. The van der Waals surface area contributed by atoms with Crippen LogP contribution >= 0.6 is 35.0 Å². The minimum atomic E-state index is -0.324. The quantitative estimate of drug-likeness (QED) is 0.343. The minimum absolute atomic E-state index is 0.103. The predicted molar refractivity (Wildman–Crippen MR) is 132 cm³/mol. The molecule has 2 N–H and O–H groups in total. The van der Waals surface area contributed by atoms with Gasteiger partial charge in [-0.2, -0.15) is 0 Å². The van der Waals surface area contributed by atoms with Crippen LogP contribution < -0.4 is 15.4 Å². The Hall–Kier alpha value is -2.67. The topological polar surface area (TPSA) is 67.4 Å². The van der Waals surface area contributed by atoms with Gasteiger partial charge in [-0.3, -0.25) is 9.59 Å². The highest BCUT2D eigenvalue weighted by Crippen LogP contribution is 2.27. The standard InChI is InChI=1S/C24H22Cl2N2O3S/c1-3-31-19-9-5-17(6-10-19)27-23(29)15(2)32-20-11-7-18(8-12-20)28-24(30)21-13-4-16(25)14-22(21)26/h4-15H,3H2,1-2H3,(H,27,29)(H,28,30). The van der Waals surface area contributed by atoms with Crippen LogP contribution in [0.3, 0.4) is 0 Å². The Morgan fingerprint density at radius 1 is 0.938 bits per heavy atom. The van der Waals surface area contributed by atoms with Crippen LogP contribution in [0.2, 0.25) is 10.0 Å². The molecule has 2 amide bonds. The lowest BCUT2D eigenvalue weighted by Gasteiger charge is -2.13. The Morgan fingerprint density at radius 2 is 1.56 bits per heavy atom. The van der Waals surface area contributed by atoms with Crippen LogP contribution in [0.15, 0.2) is 71.6 Å². The molecule has 0 fully saturated rings. The molecule has 1 atom stereocenters. The number of benzene rings is 3. The van der Waals surface area contributed by atoms with Gasteiger partial charge < -0.3 is 15.4 Å². The first-order chi connectivity index (χ1) is 15.4. The number of anilines is 2. The molecule has 166 valence electrons. The van der Waals surface area contributed by atoms with Gasteiger partial charge in [0, 0.05) is 21.3 Å². The summed E-state index contributed by atoms with van der Waals surface area (Å²) in [7, 11) is 0. The first kappa shape index (κ1) is 24.0. The number of ether oxygens (including phenoxy) is 1. The van der Waals surface area contributed by atoms with E-state index in [9.17, 15) is 9.59 Å². The van der Waals surface area contributed by atoms with Gasteiger partial charge in [0.2, 0.25) is 5.91 Å². The number of nitrogens with one attached hydrogen (secondary N) is 2. The maximum Gasteiger partial charge on any atom is 0.257 e. The highest BCUT2D eigenvalue weighted by atomic mass is 35.5. The molecule has 0 saturated carbocycles. The van der Waals surface area contributed by atoms with Gasteiger partial charge in [-0.15, -0.1) is 11.8 Å². The molecular weight excluding hydrogens is 467 g/mol. The van der Waals surface area contributed by atoms with Crippen LogP contribution in [0.1, 0.15) is 24.2 Å². The number of carbonyl (C=O) groups is 2. The summed E-state index contributed by atoms with van der Waals surface area (Å²) in [6.45, 7) is 4.35. The highest BCUT2D eigenvalue weighted by molar-refractivity contribution is 8.00. The molecule has 0 bridgehead atoms. The molecule has 0 aliphatic rings. The summed E-state index contributed by atoms with van der Waals surface area (Å²) in [6, 6.07) is 19.2. The molecule has 0 saturated heterocycles. The number of thioether (sulfide) groups is 1. The van der Waals surface area contributed by atoms with E-state index in [4.69, 9.17) is 27.9 Å². The average Bonchev–Trinajstić information content (AvgIpc) is 2.76. The third-order valence-electron chi connectivity index (χ3n) is 4.40. The van der Waals surface area contributed by atoms with Crippen LogP contribution in [0.25, 0.3) is 0 Å². The van der Waals surface area contributed by atoms with Gasteiger partial charge in [0.15, 0.2) is 0 Å². The van der Waals surface area contributed by atoms with Crippen LogP contribution in [0.4, 0.5) is 11.4 Å². The van der Waals surface area contributed by atoms with E-state index in [1.807, 2.05) is 50.2 Å². The van der Waals surface area contributed by atoms with Crippen molar-refractivity contribution in [2.45, 2.75) is 24.0 Å². The first-order valence-electron chi connectivity index (χ1n) is 9.92. The molecule has 3 aromatic rings. The SMILES string of the molecule is CCOc1ccc(NC(=O)C(C)Sc2ccc(NC(=O)c3ccc(Cl)cc3Cl)cc2)cc1. The van der Waals surface area contributed by atoms with Crippen molar-refractivity contribution in [3.05, 3.63) is 82.3 Å². The van der Waals surface area contributed by atoms with Crippen LogP contribution in [0, 0.1) is 0 Å². The number of hydrogen-bond donors (Lipinski definition) is 2. The van der Waals surface area contributed by atoms with Crippen molar-refractivity contribution >= 4 is 58.2 Å². The zero-order valence-electron chi connectivity index (χ0n) is 17.5. The zero-order valence-corrected chi connectivity index (χ0v) is 19.9. The number of rotatable bonds is 8. The molecule has 32 heavy (non-hydrogen) atoms. The molecule has 0 spiro atoms. The molecule has 8 heteroatoms. The van der Waals surface area contributed by atoms with Crippen molar-refractivity contribution in [2.24, 2.45) is 0 Å². The second-order valence-electron chi connectivity index (χ2n) is 6.81. The largest absolute Gasteiger partial charge is 0.494 e. The summed E-state index contributed by atoms with van der Waals surface area (Å²) in [5.74, 6) is 0.336. The molecule has 5 nitrogen and oxygen atoms in total.